The first kappa shape index (κ1) is 10.3. The van der Waals surface area contributed by atoms with Crippen LogP contribution in [0.4, 0.5) is 0 Å². The Bertz CT molecular complexity index is 143. The van der Waals surface area contributed by atoms with Gasteiger partial charge in [0.15, 0.2) is 0 Å². The third-order valence-electron chi connectivity index (χ3n) is 1.29. The standard InChI is InChI=1S/C10H18O/c1-5-6-10(11-4)8-7-9(2)3/h6-9H,5H2,1-4H3/b8-7-,10-6+. The lowest BCUT2D eigenvalue weighted by molar-refractivity contribution is 0.305. The first-order valence-corrected chi connectivity index (χ1v) is 4.13. The van der Waals surface area contributed by atoms with Crippen LogP contribution in [0, 0.1) is 5.92 Å². The van der Waals surface area contributed by atoms with Crippen LogP contribution >= 0.6 is 0 Å². The van der Waals surface area contributed by atoms with Crippen LogP contribution in [0.3, 0.4) is 0 Å². The fraction of sp³-hybridized carbons (Fsp3) is 0.600. The third-order valence-corrected chi connectivity index (χ3v) is 1.29. The molecule has 1 nitrogen and oxygen atoms in total. The second-order valence-corrected chi connectivity index (χ2v) is 2.82. The zero-order valence-electron chi connectivity index (χ0n) is 7.92. The first-order valence-electron chi connectivity index (χ1n) is 4.13. The Morgan fingerprint density at radius 1 is 1.45 bits per heavy atom. The summed E-state index contributed by atoms with van der Waals surface area (Å²) in [4.78, 5) is 0. The minimum Gasteiger partial charge on any atom is -0.497 e. The molecule has 0 atom stereocenters. The minimum absolute atomic E-state index is 0.588. The fourth-order valence-electron chi connectivity index (χ4n) is 0.708. The van der Waals surface area contributed by atoms with Crippen molar-refractivity contribution in [1.29, 1.82) is 0 Å². The maximum atomic E-state index is 5.12. The van der Waals surface area contributed by atoms with Crippen molar-refractivity contribution in [1.82, 2.24) is 0 Å². The highest BCUT2D eigenvalue weighted by molar-refractivity contribution is 5.11. The van der Waals surface area contributed by atoms with Crippen LogP contribution in [0.1, 0.15) is 27.2 Å². The van der Waals surface area contributed by atoms with E-state index in [-0.39, 0.29) is 0 Å². The van der Waals surface area contributed by atoms with Crippen LogP contribution in [0.2, 0.25) is 0 Å². The highest BCUT2D eigenvalue weighted by Crippen LogP contribution is 2.02. The summed E-state index contributed by atoms with van der Waals surface area (Å²) in [5.41, 5.74) is 0. The second kappa shape index (κ2) is 6.02. The Morgan fingerprint density at radius 3 is 2.45 bits per heavy atom. The summed E-state index contributed by atoms with van der Waals surface area (Å²) in [7, 11) is 1.70. The molecule has 64 valence electrons. The molecular formula is C10H18O. The largest absolute Gasteiger partial charge is 0.497 e. The average molecular weight is 154 g/mol. The predicted molar refractivity (Wildman–Crippen MR) is 49.4 cm³/mol. The third kappa shape index (κ3) is 5.71. The van der Waals surface area contributed by atoms with Gasteiger partial charge >= 0.3 is 0 Å². The van der Waals surface area contributed by atoms with Crippen LogP contribution < -0.4 is 0 Å². The summed E-state index contributed by atoms with van der Waals surface area (Å²) in [6.07, 6.45) is 7.24. The summed E-state index contributed by atoms with van der Waals surface area (Å²) in [6, 6.07) is 0. The maximum Gasteiger partial charge on any atom is 0.114 e. The van der Waals surface area contributed by atoms with Crippen LogP contribution in [0.25, 0.3) is 0 Å². The molecule has 0 saturated carbocycles. The van der Waals surface area contributed by atoms with E-state index in [4.69, 9.17) is 4.74 Å². The quantitative estimate of drug-likeness (QED) is 0.446. The second-order valence-electron chi connectivity index (χ2n) is 2.82. The van der Waals surface area contributed by atoms with Gasteiger partial charge in [-0.15, -0.1) is 0 Å². The Hall–Kier alpha value is -0.720. The van der Waals surface area contributed by atoms with Gasteiger partial charge in [0, 0.05) is 0 Å². The molecule has 0 unspecified atom stereocenters. The Morgan fingerprint density at radius 2 is 2.09 bits per heavy atom. The van der Waals surface area contributed by atoms with Gasteiger partial charge in [-0.25, -0.2) is 0 Å². The molecule has 0 radical (unpaired) electrons. The van der Waals surface area contributed by atoms with Gasteiger partial charge < -0.3 is 4.74 Å². The predicted octanol–water partition coefficient (Wildman–Crippen LogP) is 3.14. The van der Waals surface area contributed by atoms with Gasteiger partial charge in [0.25, 0.3) is 0 Å². The minimum atomic E-state index is 0.588. The Balaban J connectivity index is 3.97. The molecule has 0 saturated heterocycles. The van der Waals surface area contributed by atoms with Crippen molar-refractivity contribution in [2.75, 3.05) is 7.11 Å². The summed E-state index contributed by atoms with van der Waals surface area (Å²) in [6.45, 7) is 6.40. The fourth-order valence-corrected chi connectivity index (χ4v) is 0.708. The summed E-state index contributed by atoms with van der Waals surface area (Å²) < 4.78 is 5.12. The van der Waals surface area contributed by atoms with Gasteiger partial charge in [0.05, 0.1) is 7.11 Å². The lowest BCUT2D eigenvalue weighted by atomic mass is 10.2. The zero-order chi connectivity index (χ0) is 8.69. The number of rotatable bonds is 4. The van der Waals surface area contributed by atoms with E-state index < -0.39 is 0 Å². The van der Waals surface area contributed by atoms with Gasteiger partial charge in [0.2, 0.25) is 0 Å². The Labute approximate surface area is 69.8 Å². The number of hydrogen-bond acceptors (Lipinski definition) is 1. The van der Waals surface area contributed by atoms with Crippen LogP contribution in [0.5, 0.6) is 0 Å². The highest BCUT2D eigenvalue weighted by Gasteiger charge is 1.88. The summed E-state index contributed by atoms with van der Waals surface area (Å²) in [5, 5.41) is 0. The zero-order valence-corrected chi connectivity index (χ0v) is 7.92. The van der Waals surface area contributed by atoms with Crippen molar-refractivity contribution in [2.45, 2.75) is 27.2 Å². The number of hydrogen-bond donors (Lipinski definition) is 0. The molecule has 0 aromatic carbocycles. The van der Waals surface area contributed by atoms with Gasteiger partial charge in [0.1, 0.15) is 5.76 Å². The molecule has 0 rings (SSSR count). The number of methoxy groups -OCH3 is 1. The molecule has 0 aliphatic rings. The van der Waals surface area contributed by atoms with Crippen LogP contribution in [-0.2, 0) is 4.74 Å². The lowest BCUT2D eigenvalue weighted by Gasteiger charge is -1.99. The van der Waals surface area contributed by atoms with Crippen molar-refractivity contribution in [3.05, 3.63) is 24.0 Å². The highest BCUT2D eigenvalue weighted by atomic mass is 16.5. The topological polar surface area (TPSA) is 9.23 Å². The smallest absolute Gasteiger partial charge is 0.114 e. The SMILES string of the molecule is CC/C=C(\C=C/C(C)C)OC. The van der Waals surface area contributed by atoms with E-state index in [1.807, 2.05) is 6.08 Å². The molecular weight excluding hydrogens is 136 g/mol. The molecule has 0 N–H and O–H groups in total. The van der Waals surface area contributed by atoms with Crippen molar-refractivity contribution >= 4 is 0 Å². The molecule has 1 heteroatoms. The molecule has 0 heterocycles. The molecule has 11 heavy (non-hydrogen) atoms. The molecule has 0 aromatic rings. The van der Waals surface area contributed by atoms with Gasteiger partial charge in [-0.05, 0) is 24.5 Å². The van der Waals surface area contributed by atoms with E-state index in [1.165, 1.54) is 0 Å². The maximum absolute atomic E-state index is 5.12. The van der Waals surface area contributed by atoms with Gasteiger partial charge in [-0.1, -0.05) is 26.8 Å². The van der Waals surface area contributed by atoms with Crippen LogP contribution in [0.15, 0.2) is 24.0 Å². The molecule has 0 aliphatic carbocycles. The van der Waals surface area contributed by atoms with Crippen molar-refractivity contribution < 1.29 is 4.74 Å². The normalized spacial score (nSPS) is 13.0. The molecule has 0 spiro atoms. The Kier molecular flexibility index (Phi) is 5.63. The van der Waals surface area contributed by atoms with Crippen molar-refractivity contribution in [2.24, 2.45) is 5.92 Å². The summed E-state index contributed by atoms with van der Waals surface area (Å²) >= 11 is 0. The van der Waals surface area contributed by atoms with Gasteiger partial charge in [-0.2, -0.15) is 0 Å². The molecule has 0 amide bonds. The van der Waals surface area contributed by atoms with E-state index in [0.29, 0.717) is 5.92 Å². The lowest BCUT2D eigenvalue weighted by Crippen LogP contribution is -1.83. The average Bonchev–Trinajstić information content (AvgIpc) is 1.97. The van der Waals surface area contributed by atoms with Crippen molar-refractivity contribution in [3.8, 4) is 0 Å². The molecule has 0 bridgehead atoms. The molecule has 0 aliphatic heterocycles. The summed E-state index contributed by atoms with van der Waals surface area (Å²) in [5.74, 6) is 1.55. The van der Waals surface area contributed by atoms with E-state index in [9.17, 15) is 0 Å². The van der Waals surface area contributed by atoms with E-state index in [2.05, 4.69) is 32.9 Å². The van der Waals surface area contributed by atoms with Crippen LogP contribution in [-0.4, -0.2) is 7.11 Å². The number of ether oxygens (including phenoxy) is 1. The van der Waals surface area contributed by atoms with E-state index in [0.717, 1.165) is 12.2 Å². The molecule has 0 aromatic heterocycles. The van der Waals surface area contributed by atoms with Crippen molar-refractivity contribution in [3.63, 3.8) is 0 Å². The van der Waals surface area contributed by atoms with E-state index >= 15 is 0 Å². The number of allylic oxidation sites excluding steroid dienone is 3. The monoisotopic (exact) mass is 154 g/mol. The van der Waals surface area contributed by atoms with E-state index in [1.54, 1.807) is 7.11 Å². The molecule has 0 fully saturated rings. The first-order chi connectivity index (χ1) is 5.20. The van der Waals surface area contributed by atoms with Gasteiger partial charge in [-0.3, -0.25) is 0 Å².